The van der Waals surface area contributed by atoms with Crippen molar-refractivity contribution in [3.63, 3.8) is 0 Å². The molecule has 21 heavy (non-hydrogen) atoms. The summed E-state index contributed by atoms with van der Waals surface area (Å²) in [5, 5.41) is 8.94. The van der Waals surface area contributed by atoms with E-state index in [1.165, 1.54) is 7.11 Å². The number of rotatable bonds is 6. The van der Waals surface area contributed by atoms with E-state index >= 15 is 0 Å². The van der Waals surface area contributed by atoms with Gasteiger partial charge in [0.15, 0.2) is 5.69 Å². The molecule has 0 radical (unpaired) electrons. The van der Waals surface area contributed by atoms with Crippen LogP contribution in [0.5, 0.6) is 0 Å². The van der Waals surface area contributed by atoms with Crippen molar-refractivity contribution < 1.29 is 17.9 Å². The Hall–Kier alpha value is -1.12. The number of nitrogens with zero attached hydrogens (tertiary/aromatic N) is 1. The van der Waals surface area contributed by atoms with Gasteiger partial charge in [0.05, 0.1) is 11.3 Å². The summed E-state index contributed by atoms with van der Waals surface area (Å²) in [6.45, 7) is 7.32. The topological polar surface area (TPSA) is 101 Å². The third kappa shape index (κ3) is 4.42. The first kappa shape index (κ1) is 17.9. The van der Waals surface area contributed by atoms with Crippen molar-refractivity contribution in [2.24, 2.45) is 0 Å². The maximum absolute atomic E-state index is 12.1. The fourth-order valence-electron chi connectivity index (χ4n) is 1.59. The van der Waals surface area contributed by atoms with E-state index in [1.54, 1.807) is 27.7 Å². The number of halogens is 1. The summed E-state index contributed by atoms with van der Waals surface area (Å²) in [4.78, 5) is 11.9. The van der Waals surface area contributed by atoms with Gasteiger partial charge in [0, 0.05) is 24.3 Å². The lowest BCUT2D eigenvalue weighted by Gasteiger charge is -2.22. The number of carbonyl (C=O) groups excluding carboxylic acids is 1. The van der Waals surface area contributed by atoms with Gasteiger partial charge < -0.3 is 10.1 Å². The number of nitrogens with one attached hydrogen (secondary N) is 2. The van der Waals surface area contributed by atoms with Crippen LogP contribution >= 0.6 is 10.7 Å². The van der Waals surface area contributed by atoms with E-state index in [4.69, 9.17) is 15.4 Å². The summed E-state index contributed by atoms with van der Waals surface area (Å²) in [5.74, 6) is -0.791. The van der Waals surface area contributed by atoms with Crippen LogP contribution in [0, 0.1) is 0 Å². The summed E-state index contributed by atoms with van der Waals surface area (Å²) in [6.07, 6.45) is 0. The zero-order valence-corrected chi connectivity index (χ0v) is 14.2. The fraction of sp³-hybridized carbons (Fsp3) is 0.667. The molecule has 1 aromatic rings. The molecule has 7 nitrogen and oxygen atoms in total. The normalized spacial score (nSPS) is 12.7. The smallest absolute Gasteiger partial charge is 0.273 e. The highest BCUT2D eigenvalue weighted by atomic mass is 35.7. The molecule has 0 fully saturated rings. The van der Waals surface area contributed by atoms with E-state index in [1.807, 2.05) is 0 Å². The highest BCUT2D eigenvalue weighted by Gasteiger charge is 2.30. The zero-order valence-electron chi connectivity index (χ0n) is 12.7. The molecule has 1 rings (SSSR count). The van der Waals surface area contributed by atoms with Gasteiger partial charge in [-0.15, -0.1) is 0 Å². The van der Waals surface area contributed by atoms with E-state index in [0.717, 1.165) is 0 Å². The van der Waals surface area contributed by atoms with Crippen LogP contribution in [0.3, 0.4) is 0 Å². The minimum atomic E-state index is -4.08. The molecule has 0 aliphatic rings. The van der Waals surface area contributed by atoms with Gasteiger partial charge in [-0.1, -0.05) is 13.8 Å². The average Bonchev–Trinajstić information content (AvgIpc) is 2.81. The summed E-state index contributed by atoms with van der Waals surface area (Å²) in [7, 11) is 2.86. The Morgan fingerprint density at radius 1 is 1.48 bits per heavy atom. The molecule has 0 unspecified atom stereocenters. The molecule has 0 bridgehead atoms. The molecule has 0 saturated carbocycles. The van der Waals surface area contributed by atoms with Crippen molar-refractivity contribution in [1.29, 1.82) is 0 Å². The molecule has 2 N–H and O–H groups in total. The number of amides is 1. The van der Waals surface area contributed by atoms with Gasteiger partial charge in [-0.05, 0) is 19.8 Å². The van der Waals surface area contributed by atoms with Crippen LogP contribution in [0.4, 0.5) is 0 Å². The lowest BCUT2D eigenvalue weighted by molar-refractivity contribution is 0.0228. The second-order valence-corrected chi connectivity index (χ2v) is 8.06. The molecule has 1 amide bonds. The minimum absolute atomic E-state index is 0.169. The molecule has 9 heteroatoms. The number of hydrogen-bond acceptors (Lipinski definition) is 5. The first-order valence-electron chi connectivity index (χ1n) is 6.36. The number of aromatic nitrogens is 2. The predicted octanol–water partition coefficient (Wildman–Crippen LogP) is 1.62. The number of aromatic amines is 1. The van der Waals surface area contributed by atoms with Crippen LogP contribution in [-0.4, -0.2) is 43.8 Å². The third-order valence-corrected chi connectivity index (χ3v) is 4.38. The van der Waals surface area contributed by atoms with Crippen LogP contribution in [0.15, 0.2) is 4.90 Å². The molecule has 1 aromatic heterocycles. The fourth-order valence-corrected chi connectivity index (χ4v) is 2.97. The molecule has 0 aromatic carbocycles. The molecule has 0 aliphatic heterocycles. The summed E-state index contributed by atoms with van der Waals surface area (Å²) in [6, 6.07) is 0. The Kier molecular flexibility index (Phi) is 5.40. The van der Waals surface area contributed by atoms with Gasteiger partial charge in [-0.2, -0.15) is 5.10 Å². The molecule has 0 saturated heterocycles. The van der Waals surface area contributed by atoms with E-state index < -0.39 is 20.6 Å². The van der Waals surface area contributed by atoms with Crippen molar-refractivity contribution in [2.75, 3.05) is 13.7 Å². The van der Waals surface area contributed by atoms with Crippen LogP contribution in [0.25, 0.3) is 0 Å². The highest BCUT2D eigenvalue weighted by molar-refractivity contribution is 8.13. The zero-order chi connectivity index (χ0) is 16.4. The largest absolute Gasteiger partial charge is 0.377 e. The quantitative estimate of drug-likeness (QED) is 0.768. The molecule has 1 heterocycles. The lowest BCUT2D eigenvalue weighted by Crippen LogP contribution is -2.40. The maximum Gasteiger partial charge on any atom is 0.273 e. The van der Waals surface area contributed by atoms with Gasteiger partial charge in [-0.3, -0.25) is 9.89 Å². The molecule has 0 aliphatic carbocycles. The monoisotopic (exact) mass is 337 g/mol. The first-order valence-corrected chi connectivity index (χ1v) is 8.67. The van der Waals surface area contributed by atoms with E-state index in [2.05, 4.69) is 15.5 Å². The molecule has 0 spiro atoms. The average molecular weight is 338 g/mol. The van der Waals surface area contributed by atoms with Crippen molar-refractivity contribution in [1.82, 2.24) is 15.5 Å². The Balaban J connectivity index is 3.12. The van der Waals surface area contributed by atoms with Gasteiger partial charge in [-0.25, -0.2) is 8.42 Å². The highest BCUT2D eigenvalue weighted by Crippen LogP contribution is 2.27. The molecular formula is C12H20ClN3O4S. The van der Waals surface area contributed by atoms with Crippen LogP contribution in [0.2, 0.25) is 0 Å². The third-order valence-electron chi connectivity index (χ3n) is 3.01. The summed E-state index contributed by atoms with van der Waals surface area (Å²) < 4.78 is 28.6. The first-order chi connectivity index (χ1) is 9.49. The predicted molar refractivity (Wildman–Crippen MR) is 79.1 cm³/mol. The van der Waals surface area contributed by atoms with Crippen molar-refractivity contribution in [3.05, 3.63) is 11.4 Å². The van der Waals surface area contributed by atoms with Crippen molar-refractivity contribution >= 4 is 25.6 Å². The second kappa shape index (κ2) is 6.33. The van der Waals surface area contributed by atoms with E-state index in [-0.39, 0.29) is 23.1 Å². The number of H-pyrrole nitrogens is 1. The number of ether oxygens (including phenoxy) is 1. The Morgan fingerprint density at radius 3 is 2.48 bits per heavy atom. The van der Waals surface area contributed by atoms with Gasteiger partial charge in [0.1, 0.15) is 4.90 Å². The SMILES string of the molecule is COC(C)(C)CNC(=O)c1n[nH]c(C(C)C)c1S(=O)(=O)Cl. The van der Waals surface area contributed by atoms with E-state index in [9.17, 15) is 13.2 Å². The Bertz CT molecular complexity index is 622. The minimum Gasteiger partial charge on any atom is -0.377 e. The molecular weight excluding hydrogens is 318 g/mol. The Labute approximate surface area is 128 Å². The Morgan fingerprint density at radius 2 is 2.05 bits per heavy atom. The van der Waals surface area contributed by atoms with Gasteiger partial charge in [0.2, 0.25) is 0 Å². The van der Waals surface area contributed by atoms with Gasteiger partial charge >= 0.3 is 0 Å². The standard InChI is InChI=1S/C12H20ClN3O4S/c1-7(2)8-10(21(13,18)19)9(16-15-8)11(17)14-6-12(3,4)20-5/h7H,6H2,1-5H3,(H,14,17)(H,15,16). The van der Waals surface area contributed by atoms with Crippen LogP contribution in [0.1, 0.15) is 49.8 Å². The number of carbonyl (C=O) groups is 1. The number of hydrogen-bond donors (Lipinski definition) is 2. The van der Waals surface area contributed by atoms with Crippen LogP contribution < -0.4 is 5.32 Å². The summed E-state index contributed by atoms with van der Waals surface area (Å²) >= 11 is 0. The van der Waals surface area contributed by atoms with Crippen LogP contribution in [-0.2, 0) is 13.8 Å². The van der Waals surface area contributed by atoms with Crippen molar-refractivity contribution in [2.45, 2.75) is 44.1 Å². The maximum atomic E-state index is 12.1. The lowest BCUT2D eigenvalue weighted by atomic mass is 10.1. The second-order valence-electron chi connectivity index (χ2n) is 5.55. The summed E-state index contributed by atoms with van der Waals surface area (Å²) in [5.41, 5.74) is -0.505. The van der Waals surface area contributed by atoms with E-state index in [0.29, 0.717) is 5.69 Å². The molecule has 120 valence electrons. The van der Waals surface area contributed by atoms with Crippen molar-refractivity contribution in [3.8, 4) is 0 Å². The molecule has 0 atom stereocenters. The number of methoxy groups -OCH3 is 1. The van der Waals surface area contributed by atoms with Gasteiger partial charge in [0.25, 0.3) is 15.0 Å².